The van der Waals surface area contributed by atoms with Crippen LogP contribution in [0.3, 0.4) is 0 Å². The van der Waals surface area contributed by atoms with Gasteiger partial charge in [0.25, 0.3) is 0 Å². The van der Waals surface area contributed by atoms with Crippen LogP contribution in [0.4, 0.5) is 5.69 Å². The number of nitrogen functional groups attached to an aromatic ring is 1. The summed E-state index contributed by atoms with van der Waals surface area (Å²) >= 11 is 0. The zero-order valence-corrected chi connectivity index (χ0v) is 11.8. The lowest BCUT2D eigenvalue weighted by Crippen LogP contribution is -2.18. The van der Waals surface area contributed by atoms with Crippen molar-refractivity contribution in [1.29, 1.82) is 0 Å². The van der Waals surface area contributed by atoms with Gasteiger partial charge in [-0.05, 0) is 40.0 Å². The first-order valence-electron chi connectivity index (χ1n) is 6.34. The second-order valence-electron chi connectivity index (χ2n) is 5.40. The highest BCUT2D eigenvalue weighted by Gasteiger charge is 2.18. The van der Waals surface area contributed by atoms with E-state index in [1.165, 1.54) is 0 Å². The van der Waals surface area contributed by atoms with Gasteiger partial charge < -0.3 is 10.5 Å². The van der Waals surface area contributed by atoms with E-state index < -0.39 is 0 Å². The Morgan fingerprint density at radius 3 is 2.29 bits per heavy atom. The molecule has 0 saturated heterocycles. The van der Waals surface area contributed by atoms with Crippen LogP contribution in [0.25, 0.3) is 0 Å². The molecule has 0 radical (unpaired) electrons. The van der Waals surface area contributed by atoms with Crippen molar-refractivity contribution >= 4 is 5.69 Å². The smallest absolute Gasteiger partial charge is 0.236 e. The van der Waals surface area contributed by atoms with Gasteiger partial charge in [-0.1, -0.05) is 13.8 Å². The number of aromatic nitrogens is 2. The molecule has 0 fully saturated rings. The standard InChI is InChI=1S/C13H25N3O/c1-8(2)7-10(5)17-13-12(14)11(6)15-16(13)9(3)4/h8-10H,7,14H2,1-6H3. The largest absolute Gasteiger partial charge is 0.473 e. The minimum absolute atomic E-state index is 0.158. The van der Waals surface area contributed by atoms with E-state index in [4.69, 9.17) is 10.5 Å². The summed E-state index contributed by atoms with van der Waals surface area (Å²) in [5.74, 6) is 1.33. The summed E-state index contributed by atoms with van der Waals surface area (Å²) in [6, 6.07) is 0.257. The van der Waals surface area contributed by atoms with Gasteiger partial charge in [0.2, 0.25) is 5.88 Å². The summed E-state index contributed by atoms with van der Waals surface area (Å²) in [6.07, 6.45) is 1.17. The summed E-state index contributed by atoms with van der Waals surface area (Å²) in [4.78, 5) is 0. The molecule has 1 rings (SSSR count). The van der Waals surface area contributed by atoms with Crippen molar-refractivity contribution in [3.8, 4) is 5.88 Å². The molecule has 98 valence electrons. The van der Waals surface area contributed by atoms with Crippen LogP contribution in [-0.2, 0) is 0 Å². The molecule has 1 atom stereocenters. The predicted octanol–water partition coefficient (Wildman–Crippen LogP) is 3.17. The van der Waals surface area contributed by atoms with Crippen molar-refractivity contribution in [1.82, 2.24) is 9.78 Å². The minimum Gasteiger partial charge on any atom is -0.473 e. The van der Waals surface area contributed by atoms with Gasteiger partial charge in [-0.25, -0.2) is 4.68 Å². The van der Waals surface area contributed by atoms with E-state index in [-0.39, 0.29) is 12.1 Å². The molecule has 4 nitrogen and oxygen atoms in total. The Labute approximate surface area is 104 Å². The van der Waals surface area contributed by atoms with Crippen molar-refractivity contribution in [2.45, 2.75) is 60.1 Å². The maximum atomic E-state index is 6.01. The molecule has 1 unspecified atom stereocenters. The number of ether oxygens (including phenoxy) is 1. The van der Waals surface area contributed by atoms with Crippen molar-refractivity contribution < 1.29 is 4.74 Å². The van der Waals surface area contributed by atoms with Gasteiger partial charge in [-0.2, -0.15) is 5.10 Å². The molecule has 17 heavy (non-hydrogen) atoms. The Morgan fingerprint density at radius 2 is 1.82 bits per heavy atom. The van der Waals surface area contributed by atoms with E-state index >= 15 is 0 Å². The molecule has 1 aromatic rings. The lowest BCUT2D eigenvalue weighted by atomic mass is 10.1. The number of aryl methyl sites for hydroxylation is 1. The fourth-order valence-electron chi connectivity index (χ4n) is 1.91. The maximum absolute atomic E-state index is 6.01. The molecular formula is C13H25N3O. The monoisotopic (exact) mass is 239 g/mol. The van der Waals surface area contributed by atoms with E-state index in [2.05, 4.69) is 39.7 Å². The van der Waals surface area contributed by atoms with E-state index in [0.29, 0.717) is 17.5 Å². The Bertz CT molecular complexity index is 369. The highest BCUT2D eigenvalue weighted by molar-refractivity contribution is 5.52. The zero-order chi connectivity index (χ0) is 13.2. The molecule has 2 N–H and O–H groups in total. The average Bonchev–Trinajstić information content (AvgIpc) is 2.44. The van der Waals surface area contributed by atoms with Crippen LogP contribution < -0.4 is 10.5 Å². The van der Waals surface area contributed by atoms with E-state index in [0.717, 1.165) is 12.1 Å². The zero-order valence-electron chi connectivity index (χ0n) is 11.8. The van der Waals surface area contributed by atoms with E-state index in [9.17, 15) is 0 Å². The first kappa shape index (κ1) is 13.9. The quantitative estimate of drug-likeness (QED) is 0.858. The Kier molecular flexibility index (Phi) is 4.43. The van der Waals surface area contributed by atoms with Crippen LogP contribution >= 0.6 is 0 Å². The van der Waals surface area contributed by atoms with Crippen LogP contribution in [0.15, 0.2) is 0 Å². The van der Waals surface area contributed by atoms with Gasteiger partial charge in [-0.3, -0.25) is 0 Å². The van der Waals surface area contributed by atoms with E-state index in [1.807, 2.05) is 11.6 Å². The second-order valence-corrected chi connectivity index (χ2v) is 5.40. The molecule has 0 amide bonds. The molecule has 0 aliphatic heterocycles. The lowest BCUT2D eigenvalue weighted by molar-refractivity contribution is 0.173. The van der Waals surface area contributed by atoms with Gasteiger partial charge in [0.05, 0.1) is 17.8 Å². The number of hydrogen-bond donors (Lipinski definition) is 1. The highest BCUT2D eigenvalue weighted by atomic mass is 16.5. The predicted molar refractivity (Wildman–Crippen MR) is 71.3 cm³/mol. The van der Waals surface area contributed by atoms with Crippen LogP contribution in [0.5, 0.6) is 5.88 Å². The van der Waals surface area contributed by atoms with Crippen LogP contribution in [0, 0.1) is 12.8 Å². The fourth-order valence-corrected chi connectivity index (χ4v) is 1.91. The number of nitrogens with zero attached hydrogens (tertiary/aromatic N) is 2. The van der Waals surface area contributed by atoms with Crippen LogP contribution in [0.2, 0.25) is 0 Å². The molecule has 0 spiro atoms. The van der Waals surface area contributed by atoms with Gasteiger partial charge in [0.15, 0.2) is 0 Å². The molecule has 0 bridgehead atoms. The SMILES string of the molecule is Cc1nn(C(C)C)c(OC(C)CC(C)C)c1N. The fraction of sp³-hybridized carbons (Fsp3) is 0.769. The summed E-state index contributed by atoms with van der Waals surface area (Å²) in [5, 5.41) is 4.41. The average molecular weight is 239 g/mol. The number of nitrogens with two attached hydrogens (primary N) is 1. The molecule has 0 saturated carbocycles. The van der Waals surface area contributed by atoms with Gasteiger partial charge >= 0.3 is 0 Å². The molecule has 1 heterocycles. The number of rotatable bonds is 5. The van der Waals surface area contributed by atoms with Crippen molar-refractivity contribution in [3.05, 3.63) is 5.69 Å². The Hall–Kier alpha value is -1.19. The van der Waals surface area contributed by atoms with Crippen molar-refractivity contribution in [3.63, 3.8) is 0 Å². The first-order chi connectivity index (χ1) is 7.82. The van der Waals surface area contributed by atoms with Crippen molar-refractivity contribution in [2.75, 3.05) is 5.73 Å². The third-order valence-electron chi connectivity index (χ3n) is 2.69. The molecule has 0 aliphatic carbocycles. The van der Waals surface area contributed by atoms with Gasteiger partial charge in [0.1, 0.15) is 5.69 Å². The summed E-state index contributed by atoms with van der Waals surface area (Å²) < 4.78 is 7.81. The van der Waals surface area contributed by atoms with Crippen LogP contribution in [-0.4, -0.2) is 15.9 Å². The first-order valence-corrected chi connectivity index (χ1v) is 6.34. The minimum atomic E-state index is 0.158. The number of hydrogen-bond acceptors (Lipinski definition) is 3. The summed E-state index contributed by atoms with van der Waals surface area (Å²) in [7, 11) is 0. The highest BCUT2D eigenvalue weighted by Crippen LogP contribution is 2.29. The topological polar surface area (TPSA) is 53.1 Å². The molecule has 4 heteroatoms. The maximum Gasteiger partial charge on any atom is 0.236 e. The van der Waals surface area contributed by atoms with E-state index in [1.54, 1.807) is 0 Å². The normalized spacial score (nSPS) is 13.4. The molecule has 0 aliphatic rings. The third-order valence-corrected chi connectivity index (χ3v) is 2.69. The Morgan fingerprint density at radius 1 is 1.24 bits per heavy atom. The lowest BCUT2D eigenvalue weighted by Gasteiger charge is -2.19. The molecular weight excluding hydrogens is 214 g/mol. The van der Waals surface area contributed by atoms with Gasteiger partial charge in [0, 0.05) is 0 Å². The molecule has 1 aromatic heterocycles. The molecule has 0 aromatic carbocycles. The number of anilines is 1. The third kappa shape index (κ3) is 3.38. The second kappa shape index (κ2) is 5.43. The van der Waals surface area contributed by atoms with Gasteiger partial charge in [-0.15, -0.1) is 0 Å². The van der Waals surface area contributed by atoms with Crippen molar-refractivity contribution in [2.24, 2.45) is 5.92 Å². The summed E-state index contributed by atoms with van der Waals surface area (Å²) in [6.45, 7) is 12.5. The Balaban J connectivity index is 2.89. The summed E-state index contributed by atoms with van der Waals surface area (Å²) in [5.41, 5.74) is 7.51. The van der Waals surface area contributed by atoms with Crippen LogP contribution in [0.1, 0.15) is 52.8 Å².